The number of ether oxygens (including phenoxy) is 3. The van der Waals surface area contributed by atoms with E-state index in [1.165, 1.54) is 5.56 Å². The molecule has 0 amide bonds. The summed E-state index contributed by atoms with van der Waals surface area (Å²) in [6, 6.07) is 19.0. The molecule has 0 saturated heterocycles. The summed E-state index contributed by atoms with van der Waals surface area (Å²) in [5.74, 6) is 1.91. The van der Waals surface area contributed by atoms with Gasteiger partial charge in [-0.3, -0.25) is 4.79 Å². The SMILES string of the molecule is COc1ccc(Br)cc1/C=C1\Oc2cc(OCc3ccc(C)cc3)ccc2C1=O. The van der Waals surface area contributed by atoms with Crippen LogP contribution in [0.2, 0.25) is 0 Å². The third-order valence-corrected chi connectivity index (χ3v) is 5.14. The fraction of sp³-hybridized carbons (Fsp3) is 0.125. The van der Waals surface area contributed by atoms with Gasteiger partial charge in [-0.2, -0.15) is 0 Å². The minimum absolute atomic E-state index is 0.160. The first-order valence-corrected chi connectivity index (χ1v) is 9.93. The van der Waals surface area contributed by atoms with Gasteiger partial charge < -0.3 is 14.2 Å². The molecule has 0 bridgehead atoms. The molecule has 0 spiro atoms. The van der Waals surface area contributed by atoms with E-state index >= 15 is 0 Å². The second-order valence-electron chi connectivity index (χ2n) is 6.76. The number of ketones is 1. The average molecular weight is 451 g/mol. The van der Waals surface area contributed by atoms with Crippen LogP contribution < -0.4 is 14.2 Å². The van der Waals surface area contributed by atoms with Crippen LogP contribution in [0.4, 0.5) is 0 Å². The normalized spacial score (nSPS) is 13.9. The molecule has 0 saturated carbocycles. The maximum Gasteiger partial charge on any atom is 0.231 e. The van der Waals surface area contributed by atoms with Gasteiger partial charge in [0.25, 0.3) is 0 Å². The molecule has 1 aliphatic rings. The van der Waals surface area contributed by atoms with Crippen molar-refractivity contribution in [2.45, 2.75) is 13.5 Å². The van der Waals surface area contributed by atoms with Gasteiger partial charge in [-0.1, -0.05) is 45.8 Å². The number of benzene rings is 3. The lowest BCUT2D eigenvalue weighted by atomic mass is 10.1. The zero-order chi connectivity index (χ0) is 20.4. The van der Waals surface area contributed by atoms with Crippen molar-refractivity contribution in [2.24, 2.45) is 0 Å². The molecule has 5 heteroatoms. The number of rotatable bonds is 5. The number of halogens is 1. The van der Waals surface area contributed by atoms with Crippen molar-refractivity contribution in [2.75, 3.05) is 7.11 Å². The van der Waals surface area contributed by atoms with E-state index in [9.17, 15) is 4.79 Å². The Hall–Kier alpha value is -3.05. The Morgan fingerprint density at radius 1 is 1.03 bits per heavy atom. The lowest BCUT2D eigenvalue weighted by molar-refractivity contribution is 0.101. The highest BCUT2D eigenvalue weighted by Crippen LogP contribution is 2.36. The lowest BCUT2D eigenvalue weighted by Gasteiger charge is -2.08. The van der Waals surface area contributed by atoms with Crippen LogP contribution in [-0.2, 0) is 6.61 Å². The van der Waals surface area contributed by atoms with Gasteiger partial charge in [-0.05, 0) is 48.9 Å². The second-order valence-corrected chi connectivity index (χ2v) is 7.67. The molecule has 3 aromatic carbocycles. The molecule has 0 aliphatic carbocycles. The minimum Gasteiger partial charge on any atom is -0.496 e. The number of aryl methyl sites for hydroxylation is 1. The van der Waals surface area contributed by atoms with E-state index in [1.807, 2.05) is 37.3 Å². The number of hydrogen-bond donors (Lipinski definition) is 0. The molecule has 0 aromatic heterocycles. The van der Waals surface area contributed by atoms with Crippen LogP contribution in [-0.4, -0.2) is 12.9 Å². The predicted molar refractivity (Wildman–Crippen MR) is 116 cm³/mol. The van der Waals surface area contributed by atoms with E-state index in [4.69, 9.17) is 14.2 Å². The maximum atomic E-state index is 12.7. The zero-order valence-electron chi connectivity index (χ0n) is 16.1. The van der Waals surface area contributed by atoms with Crippen LogP contribution in [0.5, 0.6) is 17.2 Å². The van der Waals surface area contributed by atoms with Crippen molar-refractivity contribution in [3.63, 3.8) is 0 Å². The van der Waals surface area contributed by atoms with Crippen LogP contribution in [0, 0.1) is 6.92 Å². The number of carbonyl (C=O) groups excluding carboxylic acids is 1. The van der Waals surface area contributed by atoms with Gasteiger partial charge in [-0.15, -0.1) is 0 Å². The Morgan fingerprint density at radius 2 is 1.83 bits per heavy atom. The molecule has 0 atom stereocenters. The molecule has 3 aromatic rings. The highest BCUT2D eigenvalue weighted by atomic mass is 79.9. The van der Waals surface area contributed by atoms with Crippen LogP contribution in [0.25, 0.3) is 6.08 Å². The van der Waals surface area contributed by atoms with Gasteiger partial charge in [0.15, 0.2) is 5.76 Å². The summed E-state index contributed by atoms with van der Waals surface area (Å²) < 4.78 is 18.0. The molecule has 4 rings (SSSR count). The van der Waals surface area contributed by atoms with Crippen LogP contribution >= 0.6 is 15.9 Å². The van der Waals surface area contributed by atoms with Crippen molar-refractivity contribution in [3.8, 4) is 17.2 Å². The second kappa shape index (κ2) is 8.13. The van der Waals surface area contributed by atoms with Gasteiger partial charge in [0.2, 0.25) is 5.78 Å². The number of allylic oxidation sites excluding steroid dienone is 1. The average Bonchev–Trinajstić information content (AvgIpc) is 3.02. The molecule has 1 aliphatic heterocycles. The van der Waals surface area contributed by atoms with Crippen LogP contribution in [0.1, 0.15) is 27.0 Å². The van der Waals surface area contributed by atoms with E-state index in [0.29, 0.717) is 29.4 Å². The van der Waals surface area contributed by atoms with E-state index in [0.717, 1.165) is 15.6 Å². The highest BCUT2D eigenvalue weighted by molar-refractivity contribution is 9.10. The summed E-state index contributed by atoms with van der Waals surface area (Å²) in [6.45, 7) is 2.50. The van der Waals surface area contributed by atoms with E-state index < -0.39 is 0 Å². The Kier molecular flexibility index (Phi) is 5.41. The van der Waals surface area contributed by atoms with Gasteiger partial charge in [0, 0.05) is 16.1 Å². The number of carbonyl (C=O) groups is 1. The third kappa shape index (κ3) is 4.20. The van der Waals surface area contributed by atoms with Gasteiger partial charge >= 0.3 is 0 Å². The summed E-state index contributed by atoms with van der Waals surface area (Å²) >= 11 is 3.44. The first kappa shape index (κ1) is 19.3. The zero-order valence-corrected chi connectivity index (χ0v) is 17.7. The number of hydrogen-bond acceptors (Lipinski definition) is 4. The summed E-state index contributed by atoms with van der Waals surface area (Å²) in [6.07, 6.45) is 1.69. The van der Waals surface area contributed by atoms with Crippen LogP contribution in [0.15, 0.2) is 70.9 Å². The minimum atomic E-state index is -0.160. The Morgan fingerprint density at radius 3 is 2.59 bits per heavy atom. The van der Waals surface area contributed by atoms with E-state index in [-0.39, 0.29) is 11.5 Å². The number of Topliss-reactive ketones (excluding diaryl/α,β-unsaturated/α-hetero) is 1. The summed E-state index contributed by atoms with van der Waals surface area (Å²) in [5.41, 5.74) is 3.57. The van der Waals surface area contributed by atoms with Crippen molar-refractivity contribution in [3.05, 3.63) is 93.1 Å². The molecule has 0 N–H and O–H groups in total. The Labute approximate surface area is 177 Å². The standard InChI is InChI=1S/C24H19BrO4/c1-15-3-5-16(6-4-15)14-28-19-8-9-20-22(13-19)29-23(24(20)26)12-17-11-18(25)7-10-21(17)27-2/h3-13H,14H2,1-2H3/b23-12-. The maximum absolute atomic E-state index is 12.7. The largest absolute Gasteiger partial charge is 0.496 e. The highest BCUT2D eigenvalue weighted by Gasteiger charge is 2.28. The molecule has 0 unspecified atom stereocenters. The third-order valence-electron chi connectivity index (χ3n) is 4.65. The van der Waals surface area contributed by atoms with Gasteiger partial charge in [0.05, 0.1) is 12.7 Å². The fourth-order valence-corrected chi connectivity index (χ4v) is 3.45. The van der Waals surface area contributed by atoms with Gasteiger partial charge in [0.1, 0.15) is 23.9 Å². The summed E-state index contributed by atoms with van der Waals surface area (Å²) in [7, 11) is 1.59. The smallest absolute Gasteiger partial charge is 0.231 e. The Balaban J connectivity index is 1.54. The molecule has 1 heterocycles. The van der Waals surface area contributed by atoms with Crippen molar-refractivity contribution >= 4 is 27.8 Å². The van der Waals surface area contributed by atoms with Crippen LogP contribution in [0.3, 0.4) is 0 Å². The molecular weight excluding hydrogens is 432 g/mol. The topological polar surface area (TPSA) is 44.8 Å². The molecule has 29 heavy (non-hydrogen) atoms. The molecule has 0 fully saturated rings. The monoisotopic (exact) mass is 450 g/mol. The predicted octanol–water partition coefficient (Wildman–Crippen LogP) is 5.96. The molecule has 0 radical (unpaired) electrons. The lowest BCUT2D eigenvalue weighted by Crippen LogP contribution is -1.99. The van der Waals surface area contributed by atoms with Crippen molar-refractivity contribution in [1.29, 1.82) is 0 Å². The van der Waals surface area contributed by atoms with E-state index in [2.05, 4.69) is 28.1 Å². The van der Waals surface area contributed by atoms with Crippen molar-refractivity contribution in [1.82, 2.24) is 0 Å². The quantitative estimate of drug-likeness (QED) is 0.449. The van der Waals surface area contributed by atoms with E-state index in [1.54, 1.807) is 31.4 Å². The molecule has 146 valence electrons. The number of fused-ring (bicyclic) bond motifs is 1. The van der Waals surface area contributed by atoms with Gasteiger partial charge in [-0.25, -0.2) is 0 Å². The fourth-order valence-electron chi connectivity index (χ4n) is 3.07. The first-order valence-electron chi connectivity index (χ1n) is 9.13. The molecular formula is C24H19BrO4. The first-order chi connectivity index (χ1) is 14.0. The van der Waals surface area contributed by atoms with Crippen molar-refractivity contribution < 1.29 is 19.0 Å². The Bertz CT molecular complexity index is 1100. The summed E-state index contributed by atoms with van der Waals surface area (Å²) in [4.78, 5) is 12.7. The summed E-state index contributed by atoms with van der Waals surface area (Å²) in [5, 5.41) is 0. The molecule has 4 nitrogen and oxygen atoms in total. The number of methoxy groups -OCH3 is 1.